The molecule has 1 N–H and O–H groups in total. The van der Waals surface area contributed by atoms with Crippen LogP contribution in [0.1, 0.15) is 5.76 Å². The maximum atomic E-state index is 11.5. The first-order valence-corrected chi connectivity index (χ1v) is 5.04. The molecule has 1 aliphatic heterocycles. The third-order valence-corrected chi connectivity index (χ3v) is 2.30. The van der Waals surface area contributed by atoms with Gasteiger partial charge in [0.05, 0.1) is 12.3 Å². The second-order valence-electron chi connectivity index (χ2n) is 3.48. The minimum Gasteiger partial charge on any atom is -0.400 e. The van der Waals surface area contributed by atoms with Crippen LogP contribution in [-0.4, -0.2) is 51.4 Å². The number of urea groups is 1. The van der Waals surface area contributed by atoms with Crippen molar-refractivity contribution in [3.63, 3.8) is 0 Å². The number of hydrazone groups is 1. The quantitative estimate of drug-likeness (QED) is 0.346. The van der Waals surface area contributed by atoms with Crippen molar-refractivity contribution in [3.8, 4) is 0 Å². The van der Waals surface area contributed by atoms with Gasteiger partial charge in [-0.05, 0) is 6.07 Å². The second kappa shape index (κ2) is 4.86. The Kier molecular flexibility index (Phi) is 3.25. The summed E-state index contributed by atoms with van der Waals surface area (Å²) in [6.07, 6.45) is 1.07. The van der Waals surface area contributed by atoms with E-state index < -0.39 is 29.5 Å². The van der Waals surface area contributed by atoms with Crippen LogP contribution < -0.4 is 0 Å². The van der Waals surface area contributed by atoms with Crippen LogP contribution in [0.5, 0.6) is 0 Å². The Labute approximate surface area is 105 Å². The number of amides is 3. The summed E-state index contributed by atoms with van der Waals surface area (Å²) in [5, 5.41) is 23.6. The molecular formula is C9H8N4O6. The SMILES string of the molecule is O=C1CN(/N=C/c2ccc([N+](=O)[O-])o2)C(=O)N1CO. The molecule has 2 heterocycles. The van der Waals surface area contributed by atoms with E-state index in [0.717, 1.165) is 17.3 Å². The van der Waals surface area contributed by atoms with Crippen LogP contribution in [0.4, 0.5) is 10.7 Å². The minimum atomic E-state index is -0.773. The molecule has 0 aromatic carbocycles. The number of nitro groups is 1. The first kappa shape index (κ1) is 12.7. The highest BCUT2D eigenvalue weighted by Gasteiger charge is 2.35. The van der Waals surface area contributed by atoms with E-state index in [2.05, 4.69) is 5.10 Å². The lowest BCUT2D eigenvalue weighted by Crippen LogP contribution is -2.32. The van der Waals surface area contributed by atoms with Gasteiger partial charge in [-0.1, -0.05) is 0 Å². The molecule has 0 aliphatic carbocycles. The number of hydrogen-bond donors (Lipinski definition) is 1. The molecule has 0 bridgehead atoms. The Morgan fingerprint density at radius 2 is 2.26 bits per heavy atom. The lowest BCUT2D eigenvalue weighted by Gasteiger charge is -2.09. The Morgan fingerprint density at radius 3 is 2.79 bits per heavy atom. The van der Waals surface area contributed by atoms with Crippen molar-refractivity contribution in [1.29, 1.82) is 0 Å². The highest BCUT2D eigenvalue weighted by molar-refractivity contribution is 6.02. The van der Waals surface area contributed by atoms with Gasteiger partial charge >= 0.3 is 11.9 Å². The standard InChI is InChI=1S/C9H8N4O6/c14-5-11-7(15)4-12(9(11)16)10-3-6-1-2-8(19-6)13(17)18/h1-3,14H,4-5H2/b10-3+. The van der Waals surface area contributed by atoms with Gasteiger partial charge < -0.3 is 9.52 Å². The van der Waals surface area contributed by atoms with Crippen molar-refractivity contribution >= 4 is 24.0 Å². The summed E-state index contributed by atoms with van der Waals surface area (Å²) >= 11 is 0. The summed E-state index contributed by atoms with van der Waals surface area (Å²) in [4.78, 5) is 33.0. The summed E-state index contributed by atoms with van der Waals surface area (Å²) in [6, 6.07) is 1.66. The van der Waals surface area contributed by atoms with Crippen molar-refractivity contribution in [2.45, 2.75) is 0 Å². The normalized spacial score (nSPS) is 15.8. The fourth-order valence-corrected chi connectivity index (χ4v) is 1.39. The molecule has 0 radical (unpaired) electrons. The van der Waals surface area contributed by atoms with E-state index >= 15 is 0 Å². The van der Waals surface area contributed by atoms with Crippen molar-refractivity contribution in [3.05, 3.63) is 28.0 Å². The number of aliphatic hydroxyl groups excluding tert-OH is 1. The summed E-state index contributed by atoms with van der Waals surface area (Å²) < 4.78 is 4.79. The van der Waals surface area contributed by atoms with Gasteiger partial charge in [0.25, 0.3) is 5.91 Å². The number of furan rings is 1. The van der Waals surface area contributed by atoms with E-state index in [1.54, 1.807) is 0 Å². The van der Waals surface area contributed by atoms with Crippen molar-refractivity contribution < 1.29 is 24.0 Å². The van der Waals surface area contributed by atoms with Gasteiger partial charge in [-0.25, -0.2) is 14.7 Å². The molecule has 1 aromatic rings. The maximum Gasteiger partial charge on any atom is 0.433 e. The van der Waals surface area contributed by atoms with Crippen molar-refractivity contribution in [2.75, 3.05) is 13.3 Å². The van der Waals surface area contributed by atoms with Gasteiger partial charge in [-0.3, -0.25) is 14.9 Å². The van der Waals surface area contributed by atoms with E-state index in [-0.39, 0.29) is 12.3 Å². The van der Waals surface area contributed by atoms with Crippen molar-refractivity contribution in [1.82, 2.24) is 9.91 Å². The molecule has 0 atom stereocenters. The molecule has 0 unspecified atom stereocenters. The topological polar surface area (TPSA) is 129 Å². The highest BCUT2D eigenvalue weighted by atomic mass is 16.6. The van der Waals surface area contributed by atoms with Gasteiger partial charge in [0.15, 0.2) is 5.76 Å². The summed E-state index contributed by atoms with van der Waals surface area (Å²) in [5.74, 6) is -0.980. The van der Waals surface area contributed by atoms with Gasteiger partial charge in [-0.2, -0.15) is 5.10 Å². The molecule has 0 spiro atoms. The molecule has 100 valence electrons. The van der Waals surface area contributed by atoms with Crippen LogP contribution in [0, 0.1) is 10.1 Å². The van der Waals surface area contributed by atoms with Crippen LogP contribution >= 0.6 is 0 Å². The van der Waals surface area contributed by atoms with E-state index in [4.69, 9.17) is 9.52 Å². The van der Waals surface area contributed by atoms with Crippen LogP contribution in [0.2, 0.25) is 0 Å². The highest BCUT2D eigenvalue weighted by Crippen LogP contribution is 2.15. The number of rotatable bonds is 4. The lowest BCUT2D eigenvalue weighted by atomic mass is 10.5. The molecule has 1 aliphatic rings. The smallest absolute Gasteiger partial charge is 0.400 e. The predicted octanol–water partition coefficient (Wildman–Crippen LogP) is -0.264. The largest absolute Gasteiger partial charge is 0.433 e. The number of imide groups is 1. The van der Waals surface area contributed by atoms with E-state index in [1.807, 2.05) is 0 Å². The first-order valence-electron chi connectivity index (χ1n) is 5.04. The van der Waals surface area contributed by atoms with E-state index in [9.17, 15) is 19.7 Å². The molecule has 19 heavy (non-hydrogen) atoms. The second-order valence-corrected chi connectivity index (χ2v) is 3.48. The van der Waals surface area contributed by atoms with Gasteiger partial charge in [0.2, 0.25) is 0 Å². The zero-order chi connectivity index (χ0) is 14.0. The van der Waals surface area contributed by atoms with Crippen molar-refractivity contribution in [2.24, 2.45) is 5.10 Å². The average molecular weight is 268 g/mol. The summed E-state index contributed by atoms with van der Waals surface area (Å²) in [5.41, 5.74) is 0. The van der Waals surface area contributed by atoms with Crippen LogP contribution in [0.25, 0.3) is 0 Å². The molecule has 2 rings (SSSR count). The Hall–Kier alpha value is -2.75. The Bertz CT molecular complexity index is 565. The van der Waals surface area contributed by atoms with Gasteiger partial charge in [-0.15, -0.1) is 0 Å². The Morgan fingerprint density at radius 1 is 1.53 bits per heavy atom. The molecule has 0 saturated carbocycles. The molecule has 1 fully saturated rings. The summed E-state index contributed by atoms with van der Waals surface area (Å²) in [7, 11) is 0. The molecule has 3 amide bonds. The molecule has 1 saturated heterocycles. The zero-order valence-corrected chi connectivity index (χ0v) is 9.42. The van der Waals surface area contributed by atoms with Crippen LogP contribution in [0.3, 0.4) is 0 Å². The molecule has 1 aromatic heterocycles. The molecule has 10 heteroatoms. The van der Waals surface area contributed by atoms with Crippen LogP contribution in [-0.2, 0) is 4.79 Å². The van der Waals surface area contributed by atoms with Gasteiger partial charge in [0, 0.05) is 0 Å². The molecule has 10 nitrogen and oxygen atoms in total. The third-order valence-electron chi connectivity index (χ3n) is 2.30. The van der Waals surface area contributed by atoms with E-state index in [0.29, 0.717) is 4.90 Å². The van der Waals surface area contributed by atoms with E-state index in [1.165, 1.54) is 6.07 Å². The number of carbonyl (C=O) groups is 2. The maximum absolute atomic E-state index is 11.5. The third kappa shape index (κ3) is 2.42. The average Bonchev–Trinajstić information content (AvgIpc) is 2.92. The minimum absolute atomic E-state index is 0.0643. The zero-order valence-electron chi connectivity index (χ0n) is 9.42. The number of nitrogens with zero attached hydrogens (tertiary/aromatic N) is 4. The predicted molar refractivity (Wildman–Crippen MR) is 59.0 cm³/mol. The first-order chi connectivity index (χ1) is 9.02. The van der Waals surface area contributed by atoms with Gasteiger partial charge in [0.1, 0.15) is 18.2 Å². The fraction of sp³-hybridized carbons (Fsp3) is 0.222. The number of aliphatic hydroxyl groups is 1. The summed E-state index contributed by atoms with van der Waals surface area (Å²) in [6.45, 7) is -1.03. The number of carbonyl (C=O) groups excluding carboxylic acids is 2. The number of hydrogen-bond acceptors (Lipinski definition) is 7. The molecular weight excluding hydrogens is 260 g/mol. The fourth-order valence-electron chi connectivity index (χ4n) is 1.39. The lowest BCUT2D eigenvalue weighted by molar-refractivity contribution is -0.402. The van der Waals surface area contributed by atoms with Crippen LogP contribution in [0.15, 0.2) is 21.7 Å². The Balaban J connectivity index is 2.08. The monoisotopic (exact) mass is 268 g/mol.